The highest BCUT2D eigenvalue weighted by Crippen LogP contribution is 2.19. The zero-order chi connectivity index (χ0) is 5.86. The van der Waals surface area contributed by atoms with Gasteiger partial charge in [0.25, 0.3) is 0 Å². The lowest BCUT2D eigenvalue weighted by atomic mass is 10.9. The quantitative estimate of drug-likeness (QED) is 0.432. The fourth-order valence-electron chi connectivity index (χ4n) is 0.138. The lowest BCUT2D eigenvalue weighted by Gasteiger charge is -2.13. The summed E-state index contributed by atoms with van der Waals surface area (Å²) < 4.78 is 0. The highest BCUT2D eigenvalue weighted by atomic mass is 35.5. The maximum Gasteiger partial charge on any atom is 0.0950 e. The van der Waals surface area contributed by atoms with Crippen molar-refractivity contribution < 1.29 is 5.11 Å². The van der Waals surface area contributed by atoms with E-state index in [1.165, 1.54) is 0 Å². The zero-order valence-electron chi connectivity index (χ0n) is 4.56. The van der Waals surface area contributed by atoms with Crippen molar-refractivity contribution in [3.05, 3.63) is 0 Å². The molecule has 7 heavy (non-hydrogen) atoms. The van der Waals surface area contributed by atoms with Crippen LogP contribution in [0.25, 0.3) is 0 Å². The van der Waals surface area contributed by atoms with E-state index >= 15 is 0 Å². The topological polar surface area (TPSA) is 20.2 Å². The molecule has 0 bridgehead atoms. The van der Waals surface area contributed by atoms with Crippen molar-refractivity contribution in [1.29, 1.82) is 0 Å². The number of halogens is 1. The van der Waals surface area contributed by atoms with E-state index in [2.05, 4.69) is 0 Å². The van der Waals surface area contributed by atoms with Crippen LogP contribution in [0.2, 0.25) is 0 Å². The molecule has 1 unspecified atom stereocenters. The maximum atomic E-state index is 8.83. The van der Waals surface area contributed by atoms with E-state index in [0.717, 1.165) is 0 Å². The van der Waals surface area contributed by atoms with Gasteiger partial charge in [0.1, 0.15) is 0 Å². The van der Waals surface area contributed by atoms with Crippen molar-refractivity contribution in [3.8, 4) is 0 Å². The monoisotopic (exact) mass is 142 g/mol. The highest BCUT2D eigenvalue weighted by Gasteiger charge is 2.00. The molecule has 0 aromatic carbocycles. The molecule has 0 fully saturated rings. The van der Waals surface area contributed by atoms with E-state index in [9.17, 15) is 0 Å². The molecule has 1 atom stereocenters. The Hall–Kier alpha value is 0.600. The Morgan fingerprint density at radius 3 is 2.14 bits per heavy atom. The van der Waals surface area contributed by atoms with E-state index in [1.807, 2.05) is 12.5 Å². The van der Waals surface area contributed by atoms with Crippen molar-refractivity contribution in [2.24, 2.45) is 0 Å². The van der Waals surface area contributed by atoms with Gasteiger partial charge in [0, 0.05) is 0 Å². The molecule has 0 aliphatic rings. The summed E-state index contributed by atoms with van der Waals surface area (Å²) in [6.07, 6.45) is 4.00. The van der Waals surface area contributed by atoms with Crippen LogP contribution in [0.1, 0.15) is 0 Å². The first-order valence-electron chi connectivity index (χ1n) is 2.09. The van der Waals surface area contributed by atoms with Crippen LogP contribution in [0.3, 0.4) is 0 Å². The molecule has 3 heteroatoms. The average Bonchev–Trinajstić information content (AvgIpc) is 1.65. The number of hydrogen-bond donors (Lipinski definition) is 2. The molecular formula is C4H11ClOS. The van der Waals surface area contributed by atoms with Gasteiger partial charge in [-0.1, -0.05) is 0 Å². The second-order valence-electron chi connectivity index (χ2n) is 1.60. The molecule has 1 N–H and O–H groups in total. The number of aliphatic hydroxyl groups is 1. The molecule has 0 rings (SSSR count). The van der Waals surface area contributed by atoms with Crippen LogP contribution in [-0.2, 0) is 0 Å². The molecule has 0 radical (unpaired) electrons. The van der Waals surface area contributed by atoms with Crippen molar-refractivity contribution in [3.63, 3.8) is 0 Å². The first-order valence-corrected chi connectivity index (χ1v) is 4.93. The van der Waals surface area contributed by atoms with Crippen molar-refractivity contribution in [2.45, 2.75) is 5.44 Å². The minimum Gasteiger partial charge on any atom is -0.383 e. The van der Waals surface area contributed by atoms with E-state index < -0.39 is 0 Å². The molecule has 0 aliphatic carbocycles. The third-order valence-corrected chi connectivity index (χ3v) is 2.62. The molecule has 0 saturated heterocycles. The van der Waals surface area contributed by atoms with Gasteiger partial charge in [-0.15, -0.1) is 11.6 Å². The number of aliphatic hydroxyl groups excluding tert-OH is 1. The SMILES string of the molecule is C[SH](C)C(O)CCl. The molecule has 1 nitrogen and oxygen atoms in total. The summed E-state index contributed by atoms with van der Waals surface area (Å²) in [4.78, 5) is 0. The van der Waals surface area contributed by atoms with Gasteiger partial charge in [0.05, 0.1) is 11.3 Å². The molecule has 0 aliphatic heterocycles. The Balaban J connectivity index is 3.14. The maximum absolute atomic E-state index is 8.83. The van der Waals surface area contributed by atoms with Gasteiger partial charge in [0.2, 0.25) is 0 Å². The molecule has 46 valence electrons. The van der Waals surface area contributed by atoms with Crippen LogP contribution >= 0.6 is 22.5 Å². The smallest absolute Gasteiger partial charge is 0.0950 e. The van der Waals surface area contributed by atoms with Crippen LogP contribution in [0.15, 0.2) is 0 Å². The minimum absolute atomic E-state index is 0.238. The van der Waals surface area contributed by atoms with Gasteiger partial charge in [-0.2, -0.15) is 0 Å². The van der Waals surface area contributed by atoms with E-state index in [-0.39, 0.29) is 16.3 Å². The number of alkyl halides is 1. The summed E-state index contributed by atoms with van der Waals surface area (Å²) in [6.45, 7) is 0. The first kappa shape index (κ1) is 7.60. The van der Waals surface area contributed by atoms with Crippen LogP contribution in [0, 0.1) is 0 Å². The third-order valence-electron chi connectivity index (χ3n) is 0.734. The molecular weight excluding hydrogens is 132 g/mol. The van der Waals surface area contributed by atoms with Gasteiger partial charge >= 0.3 is 0 Å². The van der Waals surface area contributed by atoms with E-state index in [4.69, 9.17) is 16.7 Å². The molecule has 0 spiro atoms. The molecule has 0 saturated carbocycles. The van der Waals surface area contributed by atoms with Gasteiger partial charge < -0.3 is 5.11 Å². The summed E-state index contributed by atoms with van der Waals surface area (Å²) in [5.41, 5.74) is -0.267. The Labute approximate surface area is 52.0 Å². The summed E-state index contributed by atoms with van der Waals surface area (Å²) in [5.74, 6) is 0.374. The Morgan fingerprint density at radius 1 is 1.71 bits per heavy atom. The first-order chi connectivity index (χ1) is 3.18. The predicted molar refractivity (Wildman–Crippen MR) is 37.6 cm³/mol. The lowest BCUT2D eigenvalue weighted by molar-refractivity contribution is 0.285. The molecule has 0 aromatic heterocycles. The number of hydrogen-bond acceptors (Lipinski definition) is 1. The van der Waals surface area contributed by atoms with Crippen molar-refractivity contribution in [1.82, 2.24) is 0 Å². The second kappa shape index (κ2) is 3.58. The van der Waals surface area contributed by atoms with E-state index in [0.29, 0.717) is 5.88 Å². The molecule has 0 aromatic rings. The molecule has 0 amide bonds. The standard InChI is InChI=1S/C4H11ClOS/c1-7(2)4(6)3-5/h4,6-7H,3H2,1-2H3. The van der Waals surface area contributed by atoms with Gasteiger partial charge in [0.15, 0.2) is 0 Å². The summed E-state index contributed by atoms with van der Waals surface area (Å²) in [5, 5.41) is 8.83. The van der Waals surface area contributed by atoms with Crippen LogP contribution < -0.4 is 0 Å². The normalized spacial score (nSPS) is 16.3. The number of rotatable bonds is 2. The highest BCUT2D eigenvalue weighted by molar-refractivity contribution is 8.16. The van der Waals surface area contributed by atoms with Gasteiger partial charge in [-0.3, -0.25) is 0 Å². The predicted octanol–water partition coefficient (Wildman–Crippen LogP) is 0.804. The third kappa shape index (κ3) is 3.21. The minimum atomic E-state index is -0.267. The fraction of sp³-hybridized carbons (Fsp3) is 1.00. The largest absolute Gasteiger partial charge is 0.383 e. The summed E-state index contributed by atoms with van der Waals surface area (Å²) in [6, 6.07) is 0. The van der Waals surface area contributed by atoms with Crippen molar-refractivity contribution >= 4 is 22.5 Å². The summed E-state index contributed by atoms with van der Waals surface area (Å²) >= 11 is 5.31. The Morgan fingerprint density at radius 2 is 2.14 bits per heavy atom. The van der Waals surface area contributed by atoms with Crippen LogP contribution in [-0.4, -0.2) is 28.9 Å². The van der Waals surface area contributed by atoms with E-state index in [1.54, 1.807) is 0 Å². The van der Waals surface area contributed by atoms with Crippen molar-refractivity contribution in [2.75, 3.05) is 18.4 Å². The summed E-state index contributed by atoms with van der Waals surface area (Å²) in [7, 11) is -0.238. The Bertz CT molecular complexity index is 49.0. The van der Waals surface area contributed by atoms with Gasteiger partial charge in [-0.05, 0) is 12.5 Å². The lowest BCUT2D eigenvalue weighted by Crippen LogP contribution is -2.06. The number of thiol groups is 1. The Kier molecular flexibility index (Phi) is 3.89. The zero-order valence-corrected chi connectivity index (χ0v) is 6.21. The van der Waals surface area contributed by atoms with Crippen LogP contribution in [0.5, 0.6) is 0 Å². The average molecular weight is 143 g/mol. The fourth-order valence-corrected chi connectivity index (χ4v) is 1.24. The molecule has 0 heterocycles. The van der Waals surface area contributed by atoms with Gasteiger partial charge in [-0.25, -0.2) is 10.9 Å². The van der Waals surface area contributed by atoms with Crippen LogP contribution in [0.4, 0.5) is 0 Å². The second-order valence-corrected chi connectivity index (χ2v) is 4.43.